The molecule has 0 radical (unpaired) electrons. The average Bonchev–Trinajstić information content (AvgIpc) is 4.14. The fourth-order valence-electron chi connectivity index (χ4n) is 8.13. The Balaban J connectivity index is 0.000000163. The maximum absolute atomic E-state index is 11.4. The number of carbonyl (C=O) groups excluding carboxylic acids is 1. The SMILES string of the molecule is O=C1CCC(OCc2c(-c3c(Cl)cccc3Cl)noc2C2CC2)CC1.OC1(c2nc3ccc(Br)cc3s2)CCC(OCc2c(-c3c(Cl)cccc3Cl)noc2C2CC2)CC1. The number of fused-ring (bicyclic) bond motifs is 1. The van der Waals surface area contributed by atoms with Crippen molar-refractivity contribution in [1.29, 1.82) is 0 Å². The lowest BCUT2D eigenvalue weighted by molar-refractivity contribution is -0.123. The third-order valence-electron chi connectivity index (χ3n) is 11.9. The summed E-state index contributed by atoms with van der Waals surface area (Å²) in [4.78, 5) is 16.1. The Bertz CT molecular complexity index is 2470. The molecule has 4 aliphatic rings. The van der Waals surface area contributed by atoms with Crippen molar-refractivity contribution in [2.75, 3.05) is 0 Å². The molecule has 4 saturated carbocycles. The van der Waals surface area contributed by atoms with Crippen molar-refractivity contribution in [3.8, 4) is 22.5 Å². The number of carbonyl (C=O) groups is 1. The van der Waals surface area contributed by atoms with Crippen LogP contribution < -0.4 is 0 Å². The Kier molecular flexibility index (Phi) is 12.8. The number of thiazole rings is 1. The number of halogens is 5. The summed E-state index contributed by atoms with van der Waals surface area (Å²) in [5.74, 6) is 2.88. The van der Waals surface area contributed by atoms with Crippen LogP contribution in [0.1, 0.15) is 117 Å². The summed E-state index contributed by atoms with van der Waals surface area (Å²) in [7, 11) is 0. The fourth-order valence-corrected chi connectivity index (χ4v) is 10.9. The first kappa shape index (κ1) is 42.5. The second-order valence-electron chi connectivity index (χ2n) is 16.2. The van der Waals surface area contributed by atoms with E-state index in [9.17, 15) is 9.90 Å². The summed E-state index contributed by atoms with van der Waals surface area (Å²) in [5.41, 5.74) is 4.59. The van der Waals surface area contributed by atoms with E-state index < -0.39 is 5.60 Å². The van der Waals surface area contributed by atoms with Crippen molar-refractivity contribution < 1.29 is 28.4 Å². The summed E-state index contributed by atoms with van der Waals surface area (Å²) in [6, 6.07) is 16.8. The van der Waals surface area contributed by atoms with E-state index in [0.717, 1.165) is 93.7 Å². The number of rotatable bonds is 11. The molecule has 0 atom stereocenters. The van der Waals surface area contributed by atoms with Crippen LogP contribution in [0.3, 0.4) is 0 Å². The van der Waals surface area contributed by atoms with Crippen molar-refractivity contribution in [3.63, 3.8) is 0 Å². The smallest absolute Gasteiger partial charge is 0.145 e. The van der Waals surface area contributed by atoms with E-state index in [4.69, 9.17) is 69.9 Å². The second-order valence-corrected chi connectivity index (χ2v) is 19.8. The molecular formula is C45H42BrCl4N3O6S. The first-order valence-electron chi connectivity index (χ1n) is 20.4. The van der Waals surface area contributed by atoms with Gasteiger partial charge in [0.15, 0.2) is 0 Å². The monoisotopic (exact) mass is 971 g/mol. The molecule has 3 aromatic heterocycles. The molecule has 0 saturated heterocycles. The predicted molar refractivity (Wildman–Crippen MR) is 238 cm³/mol. The van der Waals surface area contributed by atoms with Gasteiger partial charge in [0.25, 0.3) is 0 Å². The lowest BCUT2D eigenvalue weighted by atomic mass is 9.83. The Morgan fingerprint density at radius 1 is 0.717 bits per heavy atom. The minimum absolute atomic E-state index is 0.0373. The molecule has 6 aromatic rings. The standard InChI is InChI=1S/C26H23BrCl2N2O3S.C19H19Cl2NO3/c27-15-6-7-20-21(12-15)35-25(30-20)26(32)10-8-16(9-11-26)33-13-17-23(31-34-24(17)14-4-5-14)22-18(28)2-1-3-19(22)29;20-15-2-1-3-16(21)17(15)18-14(19(25-22-18)11-4-5-11)10-24-13-8-6-12(23)7-9-13/h1-3,6-7,12,14,16,32H,4-5,8-11,13H2;1-3,11,13H,4-10H2. The zero-order valence-electron chi connectivity index (χ0n) is 32.5. The molecule has 9 nitrogen and oxygen atoms in total. The lowest BCUT2D eigenvalue weighted by Crippen LogP contribution is -2.34. The van der Waals surface area contributed by atoms with Crippen LogP contribution in [0.25, 0.3) is 32.7 Å². The van der Waals surface area contributed by atoms with E-state index in [-0.39, 0.29) is 12.2 Å². The van der Waals surface area contributed by atoms with Crippen molar-refractivity contribution in [3.05, 3.63) is 107 Å². The molecule has 0 bridgehead atoms. The van der Waals surface area contributed by atoms with Crippen molar-refractivity contribution in [1.82, 2.24) is 15.3 Å². The van der Waals surface area contributed by atoms with Gasteiger partial charge in [-0.15, -0.1) is 11.3 Å². The number of ether oxygens (including phenoxy) is 2. The molecule has 0 spiro atoms. The topological polar surface area (TPSA) is 121 Å². The normalized spacial score (nSPS) is 21.0. The molecule has 10 rings (SSSR count). The number of ketones is 1. The average molecular weight is 975 g/mol. The van der Waals surface area contributed by atoms with E-state index >= 15 is 0 Å². The molecule has 0 unspecified atom stereocenters. The van der Waals surface area contributed by atoms with Crippen molar-refractivity contribution in [2.24, 2.45) is 0 Å². The molecule has 3 aromatic carbocycles. The predicted octanol–water partition coefficient (Wildman–Crippen LogP) is 13.8. The largest absolute Gasteiger partial charge is 0.383 e. The Hall–Kier alpha value is -2.84. The number of hydrogen-bond acceptors (Lipinski definition) is 10. The lowest BCUT2D eigenvalue weighted by Gasteiger charge is -2.34. The van der Waals surface area contributed by atoms with Crippen LogP contribution in [0.2, 0.25) is 20.1 Å². The number of hydrogen-bond donors (Lipinski definition) is 1. The molecular weight excluding hydrogens is 932 g/mol. The van der Waals surface area contributed by atoms with Gasteiger partial charge in [-0.25, -0.2) is 4.98 Å². The Labute approximate surface area is 380 Å². The summed E-state index contributed by atoms with van der Waals surface area (Å²) in [6.07, 6.45) is 10.0. The van der Waals surface area contributed by atoms with Crippen LogP contribution in [0.15, 0.2) is 68.1 Å². The quantitative estimate of drug-likeness (QED) is 0.135. The first-order valence-corrected chi connectivity index (χ1v) is 23.6. The van der Waals surface area contributed by atoms with Gasteiger partial charge in [0.05, 0.1) is 55.7 Å². The number of aromatic nitrogens is 3. The third kappa shape index (κ3) is 9.26. The summed E-state index contributed by atoms with van der Waals surface area (Å²) >= 11 is 30.7. The van der Waals surface area contributed by atoms with E-state index in [1.54, 1.807) is 23.5 Å². The van der Waals surface area contributed by atoms with Crippen LogP contribution in [0, 0.1) is 0 Å². The van der Waals surface area contributed by atoms with Gasteiger partial charge in [0, 0.05) is 51.4 Å². The van der Waals surface area contributed by atoms with Gasteiger partial charge in [-0.05, 0) is 107 Å². The molecule has 0 aliphatic heterocycles. The highest BCUT2D eigenvalue weighted by Gasteiger charge is 2.39. The van der Waals surface area contributed by atoms with Gasteiger partial charge in [-0.2, -0.15) is 0 Å². The molecule has 4 fully saturated rings. The van der Waals surface area contributed by atoms with Crippen LogP contribution in [0.5, 0.6) is 0 Å². The van der Waals surface area contributed by atoms with Gasteiger partial charge >= 0.3 is 0 Å². The van der Waals surface area contributed by atoms with Gasteiger partial charge in [0.2, 0.25) is 0 Å². The minimum atomic E-state index is -0.914. The van der Waals surface area contributed by atoms with E-state index in [1.165, 1.54) is 0 Å². The Morgan fingerprint density at radius 2 is 1.20 bits per heavy atom. The van der Waals surface area contributed by atoms with Gasteiger partial charge in [-0.3, -0.25) is 4.79 Å². The molecule has 15 heteroatoms. The molecule has 1 N–H and O–H groups in total. The molecule has 0 amide bonds. The molecule has 3 heterocycles. The zero-order valence-corrected chi connectivity index (χ0v) is 38.0. The van der Waals surface area contributed by atoms with Crippen LogP contribution in [0.4, 0.5) is 0 Å². The van der Waals surface area contributed by atoms with Crippen molar-refractivity contribution in [2.45, 2.75) is 120 Å². The Morgan fingerprint density at radius 3 is 1.68 bits per heavy atom. The molecule has 4 aliphatic carbocycles. The van der Waals surface area contributed by atoms with Gasteiger partial charge in [0.1, 0.15) is 39.3 Å². The second kappa shape index (κ2) is 18.1. The minimum Gasteiger partial charge on any atom is -0.383 e. The fraction of sp³-hybridized carbons (Fsp3) is 0.422. The maximum Gasteiger partial charge on any atom is 0.145 e. The highest BCUT2D eigenvalue weighted by molar-refractivity contribution is 9.10. The third-order valence-corrected chi connectivity index (χ3v) is 14.8. The van der Waals surface area contributed by atoms with Crippen LogP contribution in [-0.2, 0) is 33.1 Å². The zero-order chi connectivity index (χ0) is 41.5. The van der Waals surface area contributed by atoms with Crippen LogP contribution in [-0.4, -0.2) is 38.4 Å². The van der Waals surface area contributed by atoms with Crippen molar-refractivity contribution >= 4 is 89.7 Å². The highest BCUT2D eigenvalue weighted by Crippen LogP contribution is 2.48. The van der Waals surface area contributed by atoms with Crippen LogP contribution >= 0.6 is 73.7 Å². The maximum atomic E-state index is 11.4. The number of benzene rings is 3. The number of aliphatic hydroxyl groups is 1. The summed E-state index contributed by atoms with van der Waals surface area (Å²) in [6.45, 7) is 0.787. The van der Waals surface area contributed by atoms with Gasteiger partial charge in [-0.1, -0.05) is 84.8 Å². The van der Waals surface area contributed by atoms with E-state index in [2.05, 4.69) is 26.2 Å². The number of Topliss-reactive ketones (excluding diaryl/α,β-unsaturated/α-hetero) is 1. The first-order chi connectivity index (χ1) is 29.0. The molecule has 60 heavy (non-hydrogen) atoms. The molecule has 314 valence electrons. The summed E-state index contributed by atoms with van der Waals surface area (Å²) < 4.78 is 26.0. The number of nitrogens with zero attached hydrogens (tertiary/aromatic N) is 3. The van der Waals surface area contributed by atoms with E-state index in [1.807, 2.05) is 42.5 Å². The van der Waals surface area contributed by atoms with Gasteiger partial charge < -0.3 is 23.6 Å². The summed E-state index contributed by atoms with van der Waals surface area (Å²) in [5, 5.41) is 23.0. The van der Waals surface area contributed by atoms with E-state index in [0.29, 0.717) is 99.1 Å². The highest BCUT2D eigenvalue weighted by atomic mass is 79.9.